The second kappa shape index (κ2) is 4.31. The van der Waals surface area contributed by atoms with Gasteiger partial charge in [0.05, 0.1) is 12.8 Å². The van der Waals surface area contributed by atoms with Gasteiger partial charge in [-0.1, -0.05) is 12.1 Å². The number of fused-ring (bicyclic) bond motifs is 1. The van der Waals surface area contributed by atoms with Crippen LogP contribution in [0.3, 0.4) is 0 Å². The van der Waals surface area contributed by atoms with E-state index in [-0.39, 0.29) is 0 Å². The van der Waals surface area contributed by atoms with Crippen molar-refractivity contribution >= 4 is 27.2 Å². The minimum absolute atomic E-state index is 0.784. The van der Waals surface area contributed by atoms with Crippen LogP contribution in [0.2, 0.25) is 0 Å². The summed E-state index contributed by atoms with van der Waals surface area (Å²) < 4.78 is 5.23. The van der Waals surface area contributed by atoms with Gasteiger partial charge in [-0.3, -0.25) is 0 Å². The Morgan fingerprint density at radius 2 is 2.11 bits per heavy atom. The lowest BCUT2D eigenvalue weighted by Gasteiger charge is -2.04. The highest BCUT2D eigenvalue weighted by molar-refractivity contribution is 7.17. The molecule has 0 aliphatic carbocycles. The van der Waals surface area contributed by atoms with E-state index in [4.69, 9.17) is 10.5 Å². The Bertz CT molecular complexity index is 706. The fourth-order valence-electron chi connectivity index (χ4n) is 1.90. The van der Waals surface area contributed by atoms with Crippen LogP contribution in [0.5, 0.6) is 5.75 Å². The smallest absolute Gasteiger partial charge is 0.125 e. The van der Waals surface area contributed by atoms with Crippen molar-refractivity contribution in [2.45, 2.75) is 0 Å². The lowest BCUT2D eigenvalue weighted by Crippen LogP contribution is -1.86. The standard InChI is InChI=1S/C14H12N2OS/c1-17-11-4-2-3-9(5-11)10-6-12-13(15)8-18-14(12)16-7-10/h2-8H,15H2,1H3. The van der Waals surface area contributed by atoms with Gasteiger partial charge in [0.25, 0.3) is 0 Å². The summed E-state index contributed by atoms with van der Waals surface area (Å²) in [6.45, 7) is 0. The number of pyridine rings is 1. The van der Waals surface area contributed by atoms with Crippen molar-refractivity contribution in [3.05, 3.63) is 41.9 Å². The van der Waals surface area contributed by atoms with Crippen molar-refractivity contribution in [3.8, 4) is 16.9 Å². The van der Waals surface area contributed by atoms with E-state index < -0.39 is 0 Å². The molecule has 18 heavy (non-hydrogen) atoms. The molecule has 3 nitrogen and oxygen atoms in total. The number of aromatic nitrogens is 1. The molecule has 0 saturated carbocycles. The number of hydrogen-bond acceptors (Lipinski definition) is 4. The average molecular weight is 256 g/mol. The summed E-state index contributed by atoms with van der Waals surface area (Å²) in [5.74, 6) is 0.839. The summed E-state index contributed by atoms with van der Waals surface area (Å²) in [6.07, 6.45) is 1.87. The number of nitrogens with two attached hydrogens (primary N) is 1. The molecule has 0 spiro atoms. The lowest BCUT2D eigenvalue weighted by molar-refractivity contribution is 0.415. The third-order valence-electron chi connectivity index (χ3n) is 2.86. The molecule has 0 amide bonds. The number of rotatable bonds is 2. The van der Waals surface area contributed by atoms with Gasteiger partial charge in [-0.05, 0) is 23.8 Å². The van der Waals surface area contributed by atoms with Gasteiger partial charge in [0, 0.05) is 22.5 Å². The highest BCUT2D eigenvalue weighted by Crippen LogP contribution is 2.31. The van der Waals surface area contributed by atoms with Gasteiger partial charge in [0.15, 0.2) is 0 Å². The number of methoxy groups -OCH3 is 1. The Morgan fingerprint density at radius 3 is 2.94 bits per heavy atom. The lowest BCUT2D eigenvalue weighted by atomic mass is 10.1. The predicted octanol–water partition coefficient (Wildman–Crippen LogP) is 3.55. The molecule has 90 valence electrons. The minimum atomic E-state index is 0.784. The van der Waals surface area contributed by atoms with Crippen molar-refractivity contribution in [1.29, 1.82) is 0 Å². The van der Waals surface area contributed by atoms with Gasteiger partial charge in [-0.25, -0.2) is 4.98 Å². The molecule has 2 N–H and O–H groups in total. The number of nitrogens with zero attached hydrogens (tertiary/aromatic N) is 1. The van der Waals surface area contributed by atoms with Gasteiger partial charge in [-0.15, -0.1) is 11.3 Å². The van der Waals surface area contributed by atoms with E-state index in [0.29, 0.717) is 0 Å². The van der Waals surface area contributed by atoms with Gasteiger partial charge >= 0.3 is 0 Å². The maximum atomic E-state index is 5.92. The molecule has 0 atom stereocenters. The Balaban J connectivity index is 2.15. The zero-order valence-corrected chi connectivity index (χ0v) is 10.7. The summed E-state index contributed by atoms with van der Waals surface area (Å²) in [6, 6.07) is 9.99. The molecule has 2 heterocycles. The van der Waals surface area contributed by atoms with E-state index in [0.717, 1.165) is 32.8 Å². The number of thiophene rings is 1. The van der Waals surface area contributed by atoms with Gasteiger partial charge in [0.1, 0.15) is 10.6 Å². The monoisotopic (exact) mass is 256 g/mol. The maximum Gasteiger partial charge on any atom is 0.125 e. The normalized spacial score (nSPS) is 10.7. The zero-order chi connectivity index (χ0) is 12.5. The van der Waals surface area contributed by atoms with Crippen molar-refractivity contribution in [2.75, 3.05) is 12.8 Å². The van der Waals surface area contributed by atoms with E-state index in [1.54, 1.807) is 18.4 Å². The molecule has 0 radical (unpaired) electrons. The molecule has 0 saturated heterocycles. The van der Waals surface area contributed by atoms with Crippen molar-refractivity contribution in [1.82, 2.24) is 4.98 Å². The van der Waals surface area contributed by atoms with Crippen LogP contribution in [-0.2, 0) is 0 Å². The molecular weight excluding hydrogens is 244 g/mol. The highest BCUT2D eigenvalue weighted by atomic mass is 32.1. The zero-order valence-electron chi connectivity index (χ0n) is 9.88. The molecule has 4 heteroatoms. The van der Waals surface area contributed by atoms with E-state index in [1.807, 2.05) is 35.8 Å². The highest BCUT2D eigenvalue weighted by Gasteiger charge is 2.05. The number of anilines is 1. The van der Waals surface area contributed by atoms with Crippen LogP contribution < -0.4 is 10.5 Å². The number of hydrogen-bond donors (Lipinski definition) is 1. The third kappa shape index (κ3) is 1.80. The summed E-state index contributed by atoms with van der Waals surface area (Å²) in [5.41, 5.74) is 8.84. The van der Waals surface area contributed by atoms with Crippen LogP contribution in [0.15, 0.2) is 41.9 Å². The van der Waals surface area contributed by atoms with E-state index in [2.05, 4.69) is 11.1 Å². The molecule has 0 bridgehead atoms. The molecule has 0 fully saturated rings. The fraction of sp³-hybridized carbons (Fsp3) is 0.0714. The topological polar surface area (TPSA) is 48.1 Å². The number of ether oxygens (including phenoxy) is 1. The Kier molecular flexibility index (Phi) is 2.64. The second-order valence-electron chi connectivity index (χ2n) is 4.00. The first-order chi connectivity index (χ1) is 8.78. The van der Waals surface area contributed by atoms with Crippen LogP contribution in [0.25, 0.3) is 21.3 Å². The van der Waals surface area contributed by atoms with Gasteiger partial charge in [-0.2, -0.15) is 0 Å². The number of nitrogen functional groups attached to an aromatic ring is 1. The summed E-state index contributed by atoms with van der Waals surface area (Å²) in [5, 5.41) is 2.94. The summed E-state index contributed by atoms with van der Waals surface area (Å²) in [7, 11) is 1.66. The average Bonchev–Trinajstić information content (AvgIpc) is 2.80. The molecule has 3 rings (SSSR count). The van der Waals surface area contributed by atoms with E-state index in [9.17, 15) is 0 Å². The summed E-state index contributed by atoms with van der Waals surface area (Å²) >= 11 is 1.56. The predicted molar refractivity (Wildman–Crippen MR) is 76.0 cm³/mol. The molecule has 2 aromatic heterocycles. The fourth-order valence-corrected chi connectivity index (χ4v) is 2.68. The molecule has 1 aromatic carbocycles. The SMILES string of the molecule is COc1cccc(-c2cnc3scc(N)c3c2)c1. The molecule has 3 aromatic rings. The molecule has 0 aliphatic rings. The maximum absolute atomic E-state index is 5.92. The van der Waals surface area contributed by atoms with Crippen LogP contribution in [0, 0.1) is 0 Å². The largest absolute Gasteiger partial charge is 0.497 e. The van der Waals surface area contributed by atoms with Gasteiger partial charge in [0.2, 0.25) is 0 Å². The second-order valence-corrected chi connectivity index (χ2v) is 4.86. The first kappa shape index (κ1) is 11.0. The van der Waals surface area contributed by atoms with Gasteiger partial charge < -0.3 is 10.5 Å². The molecule has 0 aliphatic heterocycles. The van der Waals surface area contributed by atoms with Crippen LogP contribution >= 0.6 is 11.3 Å². The summed E-state index contributed by atoms with van der Waals surface area (Å²) in [4.78, 5) is 5.40. The quantitative estimate of drug-likeness (QED) is 0.762. The third-order valence-corrected chi connectivity index (χ3v) is 3.78. The van der Waals surface area contributed by atoms with Crippen molar-refractivity contribution < 1.29 is 4.74 Å². The Hall–Kier alpha value is -2.07. The first-order valence-corrected chi connectivity index (χ1v) is 6.43. The van der Waals surface area contributed by atoms with Crippen LogP contribution in [-0.4, -0.2) is 12.1 Å². The molecular formula is C14H12N2OS. The Labute approximate surface area is 109 Å². The van der Waals surface area contributed by atoms with Crippen LogP contribution in [0.1, 0.15) is 0 Å². The Morgan fingerprint density at radius 1 is 1.22 bits per heavy atom. The van der Waals surface area contributed by atoms with E-state index >= 15 is 0 Å². The van der Waals surface area contributed by atoms with Crippen molar-refractivity contribution in [3.63, 3.8) is 0 Å². The van der Waals surface area contributed by atoms with E-state index in [1.165, 1.54) is 0 Å². The first-order valence-electron chi connectivity index (χ1n) is 5.55. The van der Waals surface area contributed by atoms with Crippen LogP contribution in [0.4, 0.5) is 5.69 Å². The number of benzene rings is 1. The molecule has 0 unspecified atom stereocenters. The van der Waals surface area contributed by atoms with Crippen molar-refractivity contribution in [2.24, 2.45) is 0 Å². The minimum Gasteiger partial charge on any atom is -0.497 e.